The Bertz CT molecular complexity index is 784. The number of nitrogens with one attached hydrogen (secondary N) is 1. The van der Waals surface area contributed by atoms with E-state index in [1.165, 1.54) is 0 Å². The van der Waals surface area contributed by atoms with Crippen LogP contribution in [0, 0.1) is 0 Å². The fourth-order valence-corrected chi connectivity index (χ4v) is 2.95. The molecular weight excluding hydrogens is 320 g/mol. The molecule has 0 atom stereocenters. The van der Waals surface area contributed by atoms with Gasteiger partial charge in [-0.1, -0.05) is 11.2 Å². The van der Waals surface area contributed by atoms with Gasteiger partial charge in [0.1, 0.15) is 5.69 Å². The Morgan fingerprint density at radius 3 is 2.57 bits per heavy atom. The molecule has 8 nitrogen and oxygen atoms in total. The van der Waals surface area contributed by atoms with Gasteiger partial charge in [0.25, 0.3) is 5.89 Å². The molecule has 0 saturated heterocycles. The number of pyridine rings is 1. The van der Waals surface area contributed by atoms with Crippen molar-refractivity contribution < 1.29 is 17.7 Å². The van der Waals surface area contributed by atoms with Crippen LogP contribution < -0.4 is 9.46 Å². The fraction of sp³-hybridized carbons (Fsp3) is 0.500. The second kappa shape index (κ2) is 6.25. The van der Waals surface area contributed by atoms with Crippen molar-refractivity contribution in [1.29, 1.82) is 0 Å². The quantitative estimate of drug-likeness (QED) is 0.852. The summed E-state index contributed by atoms with van der Waals surface area (Å²) in [5.74, 6) is 0.859. The first-order chi connectivity index (χ1) is 10.6. The molecule has 9 heteroatoms. The third-order valence-electron chi connectivity index (χ3n) is 2.72. The summed E-state index contributed by atoms with van der Waals surface area (Å²) < 4.78 is 36.0. The van der Waals surface area contributed by atoms with E-state index in [9.17, 15) is 8.42 Å². The lowest BCUT2D eigenvalue weighted by Gasteiger charge is -2.20. The molecule has 0 bridgehead atoms. The Balaban J connectivity index is 2.29. The zero-order valence-electron chi connectivity index (χ0n) is 13.7. The van der Waals surface area contributed by atoms with Crippen LogP contribution in [-0.4, -0.2) is 35.9 Å². The summed E-state index contributed by atoms with van der Waals surface area (Å²) in [6.07, 6.45) is 1.07. The minimum atomic E-state index is -3.41. The van der Waals surface area contributed by atoms with E-state index in [4.69, 9.17) is 9.26 Å². The fourth-order valence-electron chi connectivity index (χ4n) is 1.93. The predicted octanol–water partition coefficient (Wildman–Crippen LogP) is 1.70. The summed E-state index contributed by atoms with van der Waals surface area (Å²) in [7, 11) is -3.41. The molecular formula is C14H20N4O4S. The van der Waals surface area contributed by atoms with E-state index in [0.717, 1.165) is 6.26 Å². The number of nitrogens with zero attached hydrogens (tertiary/aromatic N) is 3. The van der Waals surface area contributed by atoms with Gasteiger partial charge in [0.2, 0.25) is 15.9 Å². The molecule has 126 valence electrons. The first-order valence-corrected chi connectivity index (χ1v) is 8.93. The van der Waals surface area contributed by atoms with Gasteiger partial charge in [-0.3, -0.25) is 0 Å². The number of hydrogen-bond donors (Lipinski definition) is 1. The van der Waals surface area contributed by atoms with Gasteiger partial charge in [0, 0.05) is 6.07 Å². The molecule has 0 saturated carbocycles. The lowest BCUT2D eigenvalue weighted by molar-refractivity contribution is 0.232. The topological polar surface area (TPSA) is 107 Å². The Morgan fingerprint density at radius 1 is 1.26 bits per heavy atom. The van der Waals surface area contributed by atoms with Crippen molar-refractivity contribution in [1.82, 2.24) is 19.8 Å². The van der Waals surface area contributed by atoms with Gasteiger partial charge in [-0.05, 0) is 33.8 Å². The van der Waals surface area contributed by atoms with E-state index in [2.05, 4.69) is 19.8 Å². The van der Waals surface area contributed by atoms with Crippen molar-refractivity contribution >= 4 is 10.0 Å². The van der Waals surface area contributed by atoms with Gasteiger partial charge in [-0.15, -0.1) is 0 Å². The summed E-state index contributed by atoms with van der Waals surface area (Å²) in [6, 6.07) is 5.21. The second-order valence-corrected chi connectivity index (χ2v) is 7.70. The van der Waals surface area contributed by atoms with Crippen molar-refractivity contribution in [3.8, 4) is 17.5 Å². The van der Waals surface area contributed by atoms with Crippen LogP contribution in [0.3, 0.4) is 0 Å². The van der Waals surface area contributed by atoms with Crippen molar-refractivity contribution in [3.05, 3.63) is 24.0 Å². The Morgan fingerprint density at radius 2 is 1.96 bits per heavy atom. The average Bonchev–Trinajstić information content (AvgIpc) is 2.85. The van der Waals surface area contributed by atoms with Crippen LogP contribution in [0.4, 0.5) is 0 Å². The minimum absolute atomic E-state index is 0.00566. The molecule has 2 heterocycles. The monoisotopic (exact) mass is 340 g/mol. The van der Waals surface area contributed by atoms with Crippen molar-refractivity contribution in [2.24, 2.45) is 0 Å². The maximum absolute atomic E-state index is 11.4. The van der Waals surface area contributed by atoms with Crippen LogP contribution in [0.15, 0.2) is 22.7 Å². The molecule has 2 aromatic rings. The zero-order valence-corrected chi connectivity index (χ0v) is 14.5. The Kier molecular flexibility index (Phi) is 4.71. The lowest BCUT2D eigenvalue weighted by atomic mass is 10.1. The minimum Gasteiger partial charge on any atom is -0.475 e. The van der Waals surface area contributed by atoms with Gasteiger partial charge >= 0.3 is 0 Å². The van der Waals surface area contributed by atoms with Crippen molar-refractivity contribution in [3.63, 3.8) is 0 Å². The number of hydrogen-bond acceptors (Lipinski definition) is 7. The SMILES string of the molecule is CC(C)Oc1cccc(-c2nc(C(C)(C)NS(C)(=O)=O)no2)n1. The van der Waals surface area contributed by atoms with Crippen LogP contribution in [0.5, 0.6) is 5.88 Å². The first-order valence-electron chi connectivity index (χ1n) is 7.04. The van der Waals surface area contributed by atoms with Gasteiger partial charge in [0.15, 0.2) is 5.82 Å². The number of sulfonamides is 1. The van der Waals surface area contributed by atoms with Crippen LogP contribution in [-0.2, 0) is 15.6 Å². The molecule has 0 fully saturated rings. The maximum Gasteiger partial charge on any atom is 0.276 e. The van der Waals surface area contributed by atoms with E-state index < -0.39 is 15.6 Å². The highest BCUT2D eigenvalue weighted by atomic mass is 32.2. The highest BCUT2D eigenvalue weighted by molar-refractivity contribution is 7.88. The maximum atomic E-state index is 11.4. The first kappa shape index (κ1) is 17.4. The van der Waals surface area contributed by atoms with E-state index in [1.54, 1.807) is 32.0 Å². The van der Waals surface area contributed by atoms with E-state index in [-0.39, 0.29) is 17.8 Å². The molecule has 0 spiro atoms. The van der Waals surface area contributed by atoms with Gasteiger partial charge in [-0.25, -0.2) is 18.1 Å². The Labute approximate surface area is 135 Å². The molecule has 0 aliphatic rings. The normalized spacial score (nSPS) is 12.6. The van der Waals surface area contributed by atoms with Gasteiger partial charge < -0.3 is 9.26 Å². The molecule has 2 rings (SSSR count). The van der Waals surface area contributed by atoms with Gasteiger partial charge in [0.05, 0.1) is 17.9 Å². The third kappa shape index (κ3) is 4.73. The number of ether oxygens (including phenoxy) is 1. The summed E-state index contributed by atoms with van der Waals surface area (Å²) >= 11 is 0. The van der Waals surface area contributed by atoms with Crippen LogP contribution in [0.2, 0.25) is 0 Å². The van der Waals surface area contributed by atoms with E-state index in [0.29, 0.717) is 11.6 Å². The summed E-state index contributed by atoms with van der Waals surface area (Å²) in [4.78, 5) is 8.53. The molecule has 0 aliphatic carbocycles. The molecule has 0 radical (unpaired) electrons. The standard InChI is InChI=1S/C14H20N4O4S/c1-9(2)21-11-8-6-7-10(15-11)12-16-13(17-22-12)14(3,4)18-23(5,19)20/h6-9,18H,1-5H3. The van der Waals surface area contributed by atoms with Crippen LogP contribution in [0.1, 0.15) is 33.5 Å². The second-order valence-electron chi connectivity index (χ2n) is 5.95. The van der Waals surface area contributed by atoms with Crippen LogP contribution >= 0.6 is 0 Å². The highest BCUT2D eigenvalue weighted by Crippen LogP contribution is 2.23. The zero-order chi connectivity index (χ0) is 17.3. The number of rotatable bonds is 6. The third-order valence-corrected chi connectivity index (χ3v) is 3.61. The smallest absolute Gasteiger partial charge is 0.276 e. The van der Waals surface area contributed by atoms with E-state index >= 15 is 0 Å². The summed E-state index contributed by atoms with van der Waals surface area (Å²) in [6.45, 7) is 7.10. The number of aromatic nitrogens is 3. The molecule has 0 unspecified atom stereocenters. The van der Waals surface area contributed by atoms with Crippen LogP contribution in [0.25, 0.3) is 11.6 Å². The predicted molar refractivity (Wildman–Crippen MR) is 84.3 cm³/mol. The van der Waals surface area contributed by atoms with Crippen molar-refractivity contribution in [2.45, 2.75) is 39.3 Å². The molecule has 0 aromatic carbocycles. The molecule has 2 aromatic heterocycles. The van der Waals surface area contributed by atoms with E-state index in [1.807, 2.05) is 13.8 Å². The summed E-state index contributed by atoms with van der Waals surface area (Å²) in [5.41, 5.74) is -0.543. The largest absolute Gasteiger partial charge is 0.475 e. The average molecular weight is 340 g/mol. The summed E-state index contributed by atoms with van der Waals surface area (Å²) in [5, 5.41) is 3.85. The van der Waals surface area contributed by atoms with Crippen molar-refractivity contribution in [2.75, 3.05) is 6.26 Å². The Hall–Kier alpha value is -2.00. The highest BCUT2D eigenvalue weighted by Gasteiger charge is 2.30. The molecule has 0 aliphatic heterocycles. The molecule has 0 amide bonds. The molecule has 23 heavy (non-hydrogen) atoms. The molecule has 1 N–H and O–H groups in total. The lowest BCUT2D eigenvalue weighted by Crippen LogP contribution is -2.41. The van der Waals surface area contributed by atoms with Gasteiger partial charge in [-0.2, -0.15) is 4.98 Å².